The molecule has 4 heteroatoms. The van der Waals surface area contributed by atoms with Crippen LogP contribution in [0.1, 0.15) is 26.7 Å². The second-order valence-electron chi connectivity index (χ2n) is 4.61. The lowest BCUT2D eigenvalue weighted by atomic mass is 9.98. The van der Waals surface area contributed by atoms with Crippen molar-refractivity contribution in [2.24, 2.45) is 0 Å². The van der Waals surface area contributed by atoms with E-state index in [0.29, 0.717) is 19.7 Å². The van der Waals surface area contributed by atoms with E-state index in [4.69, 9.17) is 9.47 Å². The number of aliphatic hydroxyl groups is 1. The minimum absolute atomic E-state index is 0.546. The Morgan fingerprint density at radius 1 is 1.16 bits per heavy atom. The van der Waals surface area contributed by atoms with E-state index >= 15 is 0 Å². The third-order valence-corrected chi connectivity index (χ3v) is 3.38. The smallest absolute Gasteiger partial charge is 0.161 e. The lowest BCUT2D eigenvalue weighted by Crippen LogP contribution is -2.40. The van der Waals surface area contributed by atoms with E-state index in [-0.39, 0.29) is 0 Å². The summed E-state index contributed by atoms with van der Waals surface area (Å²) in [5, 5.41) is 13.3. The fraction of sp³-hybridized carbons (Fsp3) is 0.600. The Morgan fingerprint density at radius 3 is 2.37 bits per heavy atom. The molecule has 0 unspecified atom stereocenters. The van der Waals surface area contributed by atoms with Crippen LogP contribution in [0.15, 0.2) is 24.3 Å². The Bertz CT molecular complexity index is 364. The molecule has 0 bridgehead atoms. The zero-order chi connectivity index (χ0) is 14.1. The van der Waals surface area contributed by atoms with Crippen LogP contribution >= 0.6 is 0 Å². The molecule has 0 radical (unpaired) electrons. The van der Waals surface area contributed by atoms with Crippen LogP contribution in [0.2, 0.25) is 0 Å². The number of hydrogen-bond acceptors (Lipinski definition) is 4. The van der Waals surface area contributed by atoms with Crippen LogP contribution in [0.25, 0.3) is 0 Å². The molecule has 0 aliphatic carbocycles. The third-order valence-electron chi connectivity index (χ3n) is 3.38. The molecule has 0 heterocycles. The molecule has 1 aromatic rings. The van der Waals surface area contributed by atoms with Crippen LogP contribution in [0.4, 0.5) is 0 Å². The predicted octanol–water partition coefficient (Wildman–Crippen LogP) is 2.21. The molecule has 108 valence electrons. The first-order chi connectivity index (χ1) is 9.15. The summed E-state index contributed by atoms with van der Waals surface area (Å²) in [5.74, 6) is 1.48. The van der Waals surface area contributed by atoms with Gasteiger partial charge in [0.05, 0.1) is 12.7 Å². The molecule has 0 aromatic heterocycles. The van der Waals surface area contributed by atoms with Gasteiger partial charge >= 0.3 is 0 Å². The topological polar surface area (TPSA) is 50.7 Å². The molecule has 0 aliphatic heterocycles. The lowest BCUT2D eigenvalue weighted by Gasteiger charge is -2.25. The number of ether oxygens (including phenoxy) is 2. The van der Waals surface area contributed by atoms with E-state index in [9.17, 15) is 5.11 Å². The molecule has 0 saturated heterocycles. The third kappa shape index (κ3) is 5.09. The molecule has 0 fully saturated rings. The van der Waals surface area contributed by atoms with Crippen LogP contribution < -0.4 is 14.8 Å². The Hall–Kier alpha value is -1.26. The molecule has 1 rings (SSSR count). The lowest BCUT2D eigenvalue weighted by molar-refractivity contribution is 0.0320. The quantitative estimate of drug-likeness (QED) is 0.674. The van der Waals surface area contributed by atoms with Crippen LogP contribution in [-0.4, -0.2) is 37.5 Å². The molecular formula is C15H25NO3. The van der Waals surface area contributed by atoms with E-state index in [0.717, 1.165) is 24.3 Å². The second kappa shape index (κ2) is 8.02. The van der Waals surface area contributed by atoms with E-state index < -0.39 is 5.60 Å². The van der Waals surface area contributed by atoms with Crippen LogP contribution in [0, 0.1) is 0 Å². The second-order valence-corrected chi connectivity index (χ2v) is 4.61. The van der Waals surface area contributed by atoms with Crippen LogP contribution in [-0.2, 0) is 0 Å². The van der Waals surface area contributed by atoms with E-state index in [1.165, 1.54) is 0 Å². The maximum Gasteiger partial charge on any atom is 0.161 e. The Morgan fingerprint density at radius 2 is 1.79 bits per heavy atom. The van der Waals surface area contributed by atoms with Gasteiger partial charge in [-0.3, -0.25) is 0 Å². The summed E-state index contributed by atoms with van der Waals surface area (Å²) in [6.45, 7) is 5.83. The summed E-state index contributed by atoms with van der Waals surface area (Å²) in [4.78, 5) is 0. The highest BCUT2D eigenvalue weighted by molar-refractivity contribution is 5.39. The van der Waals surface area contributed by atoms with Gasteiger partial charge in [0.15, 0.2) is 11.5 Å². The van der Waals surface area contributed by atoms with Gasteiger partial charge in [0.25, 0.3) is 0 Å². The van der Waals surface area contributed by atoms with Gasteiger partial charge < -0.3 is 19.9 Å². The molecule has 0 atom stereocenters. The van der Waals surface area contributed by atoms with Crippen LogP contribution in [0.3, 0.4) is 0 Å². The van der Waals surface area contributed by atoms with E-state index in [1.807, 2.05) is 38.1 Å². The zero-order valence-electron chi connectivity index (χ0n) is 12.1. The first-order valence-electron chi connectivity index (χ1n) is 6.84. The van der Waals surface area contributed by atoms with Crippen molar-refractivity contribution in [3.63, 3.8) is 0 Å². The Labute approximate surface area is 115 Å². The predicted molar refractivity (Wildman–Crippen MR) is 76.9 cm³/mol. The normalized spacial score (nSPS) is 11.4. The molecule has 0 amide bonds. The number of rotatable bonds is 9. The van der Waals surface area contributed by atoms with E-state index in [1.54, 1.807) is 7.11 Å². The van der Waals surface area contributed by atoms with Crippen molar-refractivity contribution in [2.75, 3.05) is 26.8 Å². The van der Waals surface area contributed by atoms with Crippen molar-refractivity contribution in [3.05, 3.63) is 24.3 Å². The van der Waals surface area contributed by atoms with E-state index in [2.05, 4.69) is 5.32 Å². The van der Waals surface area contributed by atoms with Gasteiger partial charge in [-0.25, -0.2) is 0 Å². The van der Waals surface area contributed by atoms with Crippen molar-refractivity contribution >= 4 is 0 Å². The summed E-state index contributed by atoms with van der Waals surface area (Å²) in [7, 11) is 1.63. The van der Waals surface area contributed by atoms with Gasteiger partial charge in [0, 0.05) is 13.1 Å². The first kappa shape index (κ1) is 15.8. The maximum absolute atomic E-state index is 10.1. The SMILES string of the molecule is CCC(O)(CC)CNCCOc1ccccc1OC. The number of methoxy groups -OCH3 is 1. The van der Waals surface area contributed by atoms with Gasteiger partial charge in [-0.1, -0.05) is 26.0 Å². The summed E-state index contributed by atoms with van der Waals surface area (Å²) in [6.07, 6.45) is 1.51. The Kier molecular flexibility index (Phi) is 6.67. The molecule has 1 aromatic carbocycles. The highest BCUT2D eigenvalue weighted by Crippen LogP contribution is 2.25. The largest absolute Gasteiger partial charge is 0.493 e. The van der Waals surface area contributed by atoms with Gasteiger partial charge in [-0.15, -0.1) is 0 Å². The minimum Gasteiger partial charge on any atom is -0.493 e. The van der Waals surface area contributed by atoms with Crippen molar-refractivity contribution in [1.29, 1.82) is 0 Å². The average molecular weight is 267 g/mol. The molecular weight excluding hydrogens is 242 g/mol. The molecule has 19 heavy (non-hydrogen) atoms. The fourth-order valence-corrected chi connectivity index (χ4v) is 1.79. The molecule has 0 aliphatic rings. The zero-order valence-corrected chi connectivity index (χ0v) is 12.1. The Balaban J connectivity index is 2.28. The number of nitrogens with one attached hydrogen (secondary N) is 1. The molecule has 4 nitrogen and oxygen atoms in total. The number of benzene rings is 1. The van der Waals surface area contributed by atoms with Crippen molar-refractivity contribution < 1.29 is 14.6 Å². The molecule has 0 saturated carbocycles. The highest BCUT2D eigenvalue weighted by Gasteiger charge is 2.20. The standard InChI is InChI=1S/C15H25NO3/c1-4-15(17,5-2)12-16-10-11-19-14-9-7-6-8-13(14)18-3/h6-9,16-17H,4-5,10-12H2,1-3H3. The average Bonchev–Trinajstić information content (AvgIpc) is 2.47. The summed E-state index contributed by atoms with van der Waals surface area (Å²) in [6, 6.07) is 7.58. The van der Waals surface area contributed by atoms with Gasteiger partial charge in [-0.2, -0.15) is 0 Å². The first-order valence-corrected chi connectivity index (χ1v) is 6.84. The number of para-hydroxylation sites is 2. The highest BCUT2D eigenvalue weighted by atomic mass is 16.5. The summed E-state index contributed by atoms with van der Waals surface area (Å²) < 4.78 is 10.8. The van der Waals surface area contributed by atoms with Crippen molar-refractivity contribution in [1.82, 2.24) is 5.32 Å². The molecule has 2 N–H and O–H groups in total. The fourth-order valence-electron chi connectivity index (χ4n) is 1.79. The van der Waals surface area contributed by atoms with Crippen LogP contribution in [0.5, 0.6) is 11.5 Å². The van der Waals surface area contributed by atoms with Gasteiger partial charge in [-0.05, 0) is 25.0 Å². The molecule has 0 spiro atoms. The monoisotopic (exact) mass is 267 g/mol. The van der Waals surface area contributed by atoms with Gasteiger partial charge in [0.1, 0.15) is 6.61 Å². The maximum atomic E-state index is 10.1. The van der Waals surface area contributed by atoms with Gasteiger partial charge in [0.2, 0.25) is 0 Å². The van der Waals surface area contributed by atoms with Crippen molar-refractivity contribution in [2.45, 2.75) is 32.3 Å². The van der Waals surface area contributed by atoms with Crippen molar-refractivity contribution in [3.8, 4) is 11.5 Å². The summed E-state index contributed by atoms with van der Waals surface area (Å²) >= 11 is 0. The summed E-state index contributed by atoms with van der Waals surface area (Å²) in [5.41, 5.74) is -0.607. The number of hydrogen-bond donors (Lipinski definition) is 2. The minimum atomic E-state index is -0.607.